The van der Waals surface area contributed by atoms with Crippen molar-refractivity contribution in [2.24, 2.45) is 5.92 Å². The standard InChI is InChI=1S/C15H19ClFNO/c1-10-8-18(5-4-14(10)16)9-13-7-11-6-12(17)2-3-15(11)19-13/h2-3,6,10,13-14H,4-5,7-9H2,1H3. The van der Waals surface area contributed by atoms with Crippen LogP contribution in [-0.2, 0) is 6.42 Å². The highest BCUT2D eigenvalue weighted by atomic mass is 35.5. The van der Waals surface area contributed by atoms with Gasteiger partial charge in [0.2, 0.25) is 0 Å². The summed E-state index contributed by atoms with van der Waals surface area (Å²) < 4.78 is 19.0. The summed E-state index contributed by atoms with van der Waals surface area (Å²) in [5.41, 5.74) is 0.991. The molecular weight excluding hydrogens is 265 g/mol. The van der Waals surface area contributed by atoms with Crippen LogP contribution in [0.2, 0.25) is 0 Å². The molecule has 1 saturated heterocycles. The average molecular weight is 284 g/mol. The number of nitrogens with zero attached hydrogens (tertiary/aromatic N) is 1. The van der Waals surface area contributed by atoms with Gasteiger partial charge in [-0.1, -0.05) is 6.92 Å². The number of ether oxygens (including phenoxy) is 1. The molecule has 3 unspecified atom stereocenters. The van der Waals surface area contributed by atoms with Gasteiger partial charge in [-0.25, -0.2) is 4.39 Å². The van der Waals surface area contributed by atoms with E-state index in [4.69, 9.17) is 16.3 Å². The smallest absolute Gasteiger partial charge is 0.123 e. The lowest BCUT2D eigenvalue weighted by Gasteiger charge is -2.35. The van der Waals surface area contributed by atoms with Crippen LogP contribution in [0.15, 0.2) is 18.2 Å². The molecule has 0 amide bonds. The summed E-state index contributed by atoms with van der Waals surface area (Å²) in [6.07, 6.45) is 2.00. The number of hydrogen-bond acceptors (Lipinski definition) is 2. The molecule has 2 aliphatic rings. The van der Waals surface area contributed by atoms with Gasteiger partial charge in [-0.05, 0) is 37.1 Å². The summed E-state index contributed by atoms with van der Waals surface area (Å²) >= 11 is 6.24. The van der Waals surface area contributed by atoms with Crippen molar-refractivity contribution >= 4 is 11.6 Å². The van der Waals surface area contributed by atoms with Crippen molar-refractivity contribution in [3.63, 3.8) is 0 Å². The molecule has 0 aromatic heterocycles. The zero-order valence-corrected chi connectivity index (χ0v) is 11.9. The van der Waals surface area contributed by atoms with Crippen LogP contribution >= 0.6 is 11.6 Å². The van der Waals surface area contributed by atoms with Crippen LogP contribution in [-0.4, -0.2) is 36.0 Å². The Morgan fingerprint density at radius 3 is 3.11 bits per heavy atom. The van der Waals surface area contributed by atoms with Crippen molar-refractivity contribution in [2.45, 2.75) is 31.2 Å². The zero-order valence-electron chi connectivity index (χ0n) is 11.1. The molecule has 1 fully saturated rings. The molecule has 3 rings (SSSR count). The molecule has 2 heterocycles. The largest absolute Gasteiger partial charge is 0.488 e. The second kappa shape index (κ2) is 5.29. The van der Waals surface area contributed by atoms with E-state index in [1.54, 1.807) is 12.1 Å². The van der Waals surface area contributed by atoms with Gasteiger partial charge in [0.1, 0.15) is 17.7 Å². The Kier molecular flexibility index (Phi) is 3.68. The quantitative estimate of drug-likeness (QED) is 0.774. The number of alkyl halides is 1. The van der Waals surface area contributed by atoms with Gasteiger partial charge in [0.25, 0.3) is 0 Å². The van der Waals surface area contributed by atoms with Gasteiger partial charge in [-0.3, -0.25) is 4.90 Å². The summed E-state index contributed by atoms with van der Waals surface area (Å²) in [6.45, 7) is 5.16. The minimum atomic E-state index is -0.181. The maximum absolute atomic E-state index is 13.2. The van der Waals surface area contributed by atoms with Crippen molar-refractivity contribution in [3.05, 3.63) is 29.6 Å². The van der Waals surface area contributed by atoms with Gasteiger partial charge in [-0.2, -0.15) is 0 Å². The van der Waals surface area contributed by atoms with E-state index in [2.05, 4.69) is 11.8 Å². The first-order chi connectivity index (χ1) is 9.11. The van der Waals surface area contributed by atoms with Gasteiger partial charge < -0.3 is 4.74 Å². The number of halogens is 2. The molecule has 0 saturated carbocycles. The van der Waals surface area contributed by atoms with Gasteiger partial charge >= 0.3 is 0 Å². The molecule has 3 atom stereocenters. The lowest BCUT2D eigenvalue weighted by Crippen LogP contribution is -2.44. The van der Waals surface area contributed by atoms with Gasteiger partial charge in [0.05, 0.1) is 0 Å². The Hall–Kier alpha value is -0.800. The number of fused-ring (bicyclic) bond motifs is 1. The highest BCUT2D eigenvalue weighted by Crippen LogP contribution is 2.30. The minimum absolute atomic E-state index is 0.149. The number of benzene rings is 1. The third-order valence-electron chi connectivity index (χ3n) is 4.11. The van der Waals surface area contributed by atoms with E-state index in [0.717, 1.165) is 43.8 Å². The summed E-state index contributed by atoms with van der Waals surface area (Å²) in [6, 6.07) is 4.78. The summed E-state index contributed by atoms with van der Waals surface area (Å²) in [5, 5.41) is 0.298. The van der Waals surface area contributed by atoms with Crippen LogP contribution in [0.1, 0.15) is 18.9 Å². The summed E-state index contributed by atoms with van der Waals surface area (Å²) in [7, 11) is 0. The fourth-order valence-electron chi connectivity index (χ4n) is 3.05. The molecule has 2 aliphatic heterocycles. The normalized spacial score (nSPS) is 31.0. The Balaban J connectivity index is 1.59. The second-order valence-electron chi connectivity index (χ2n) is 5.74. The molecule has 0 N–H and O–H groups in total. The van der Waals surface area contributed by atoms with Crippen LogP contribution in [0.3, 0.4) is 0 Å². The first kappa shape index (κ1) is 13.2. The fraction of sp³-hybridized carbons (Fsp3) is 0.600. The molecular formula is C15H19ClFNO. The van der Waals surface area contributed by atoms with E-state index < -0.39 is 0 Å². The van der Waals surface area contributed by atoms with Gasteiger partial charge in [-0.15, -0.1) is 11.6 Å². The SMILES string of the molecule is CC1CN(CC2Cc3cc(F)ccc3O2)CCC1Cl. The fourth-order valence-corrected chi connectivity index (χ4v) is 3.23. The van der Waals surface area contributed by atoms with Crippen LogP contribution in [0.25, 0.3) is 0 Å². The molecule has 0 aliphatic carbocycles. The van der Waals surface area contributed by atoms with Gasteiger partial charge in [0.15, 0.2) is 0 Å². The number of piperidine rings is 1. The molecule has 1 aromatic carbocycles. The number of likely N-dealkylation sites (tertiary alicyclic amines) is 1. The molecule has 4 heteroatoms. The van der Waals surface area contributed by atoms with E-state index in [0.29, 0.717) is 11.3 Å². The maximum Gasteiger partial charge on any atom is 0.123 e. The van der Waals surface area contributed by atoms with Crippen molar-refractivity contribution in [1.82, 2.24) is 4.90 Å². The van der Waals surface area contributed by atoms with Crippen LogP contribution in [0, 0.1) is 11.7 Å². The van der Waals surface area contributed by atoms with Crippen molar-refractivity contribution in [2.75, 3.05) is 19.6 Å². The molecule has 0 radical (unpaired) electrons. The van der Waals surface area contributed by atoms with Crippen molar-refractivity contribution in [1.29, 1.82) is 0 Å². The summed E-state index contributed by atoms with van der Waals surface area (Å²) in [5.74, 6) is 1.18. The third-order valence-corrected chi connectivity index (χ3v) is 4.76. The molecule has 0 bridgehead atoms. The molecule has 2 nitrogen and oxygen atoms in total. The first-order valence-corrected chi connectivity index (χ1v) is 7.37. The van der Waals surface area contributed by atoms with Crippen molar-refractivity contribution < 1.29 is 9.13 Å². The molecule has 0 spiro atoms. The topological polar surface area (TPSA) is 12.5 Å². The second-order valence-corrected chi connectivity index (χ2v) is 6.30. The van der Waals surface area contributed by atoms with E-state index in [1.807, 2.05) is 0 Å². The average Bonchev–Trinajstić information content (AvgIpc) is 2.75. The number of hydrogen-bond donors (Lipinski definition) is 0. The van der Waals surface area contributed by atoms with Gasteiger partial charge in [0, 0.05) is 30.5 Å². The van der Waals surface area contributed by atoms with Crippen LogP contribution in [0.4, 0.5) is 4.39 Å². The molecule has 1 aromatic rings. The van der Waals surface area contributed by atoms with Crippen LogP contribution < -0.4 is 4.74 Å². The van der Waals surface area contributed by atoms with E-state index in [-0.39, 0.29) is 11.9 Å². The Morgan fingerprint density at radius 1 is 1.47 bits per heavy atom. The van der Waals surface area contributed by atoms with Crippen LogP contribution in [0.5, 0.6) is 5.75 Å². The van der Waals surface area contributed by atoms with Crippen molar-refractivity contribution in [3.8, 4) is 5.75 Å². The zero-order chi connectivity index (χ0) is 13.4. The lowest BCUT2D eigenvalue weighted by molar-refractivity contribution is 0.116. The van der Waals surface area contributed by atoms with E-state index in [9.17, 15) is 4.39 Å². The third kappa shape index (κ3) is 2.87. The molecule has 104 valence electrons. The highest BCUT2D eigenvalue weighted by Gasteiger charge is 2.29. The Bertz CT molecular complexity index is 467. The maximum atomic E-state index is 13.2. The first-order valence-electron chi connectivity index (χ1n) is 6.93. The monoisotopic (exact) mass is 283 g/mol. The van der Waals surface area contributed by atoms with E-state index in [1.165, 1.54) is 6.07 Å². The highest BCUT2D eigenvalue weighted by molar-refractivity contribution is 6.20. The van der Waals surface area contributed by atoms with E-state index >= 15 is 0 Å². The Labute approximate surface area is 118 Å². The molecule has 19 heavy (non-hydrogen) atoms. The summed E-state index contributed by atoms with van der Waals surface area (Å²) in [4.78, 5) is 2.41. The Morgan fingerprint density at radius 2 is 2.32 bits per heavy atom. The predicted molar refractivity (Wildman–Crippen MR) is 74.4 cm³/mol. The lowest BCUT2D eigenvalue weighted by atomic mass is 9.99. The minimum Gasteiger partial charge on any atom is -0.488 e. The number of rotatable bonds is 2. The predicted octanol–water partition coefficient (Wildman–Crippen LogP) is 3.08.